The molecule has 0 saturated carbocycles. The first-order valence-electron chi connectivity index (χ1n) is 5.82. The SMILES string of the molecule is C[C@@H](O)COC(=O)CCN1CCC(O)CC1. The molecule has 0 aliphatic carbocycles. The number of aliphatic hydroxyl groups is 2. The van der Waals surface area contributed by atoms with Crippen LogP contribution in [-0.2, 0) is 9.53 Å². The average molecular weight is 231 g/mol. The highest BCUT2D eigenvalue weighted by molar-refractivity contribution is 5.69. The van der Waals surface area contributed by atoms with E-state index in [1.54, 1.807) is 6.92 Å². The van der Waals surface area contributed by atoms with Crippen LogP contribution >= 0.6 is 0 Å². The molecule has 5 nitrogen and oxygen atoms in total. The summed E-state index contributed by atoms with van der Waals surface area (Å²) < 4.78 is 4.85. The summed E-state index contributed by atoms with van der Waals surface area (Å²) in [5, 5.41) is 18.2. The fraction of sp³-hybridized carbons (Fsp3) is 0.909. The van der Waals surface area contributed by atoms with Crippen LogP contribution in [0.4, 0.5) is 0 Å². The molecule has 2 N–H and O–H groups in total. The Morgan fingerprint density at radius 2 is 2.12 bits per heavy atom. The van der Waals surface area contributed by atoms with Gasteiger partial charge in [0.05, 0.1) is 18.6 Å². The number of nitrogens with zero attached hydrogens (tertiary/aromatic N) is 1. The van der Waals surface area contributed by atoms with Crippen LogP contribution in [0.1, 0.15) is 26.2 Å². The second-order valence-electron chi connectivity index (χ2n) is 4.35. The Morgan fingerprint density at radius 3 is 2.69 bits per heavy atom. The number of aliphatic hydroxyl groups excluding tert-OH is 2. The minimum Gasteiger partial charge on any atom is -0.463 e. The molecule has 0 aromatic carbocycles. The van der Waals surface area contributed by atoms with Crippen LogP contribution in [0, 0.1) is 0 Å². The second-order valence-corrected chi connectivity index (χ2v) is 4.35. The maximum absolute atomic E-state index is 11.2. The van der Waals surface area contributed by atoms with Crippen LogP contribution in [0.15, 0.2) is 0 Å². The smallest absolute Gasteiger partial charge is 0.307 e. The molecular weight excluding hydrogens is 210 g/mol. The van der Waals surface area contributed by atoms with Crippen LogP contribution in [0.3, 0.4) is 0 Å². The molecule has 1 rings (SSSR count). The molecule has 1 fully saturated rings. The van der Waals surface area contributed by atoms with Crippen LogP contribution in [0.25, 0.3) is 0 Å². The maximum atomic E-state index is 11.2. The van der Waals surface area contributed by atoms with Gasteiger partial charge in [-0.05, 0) is 19.8 Å². The van der Waals surface area contributed by atoms with E-state index in [0.29, 0.717) is 13.0 Å². The first kappa shape index (κ1) is 13.4. The molecule has 0 unspecified atom stereocenters. The first-order chi connectivity index (χ1) is 7.58. The molecule has 16 heavy (non-hydrogen) atoms. The predicted octanol–water partition coefficient (Wildman–Crippen LogP) is -0.243. The molecule has 1 heterocycles. The summed E-state index contributed by atoms with van der Waals surface area (Å²) in [6.45, 7) is 4.00. The van der Waals surface area contributed by atoms with Crippen molar-refractivity contribution >= 4 is 5.97 Å². The molecule has 94 valence electrons. The highest BCUT2D eigenvalue weighted by Crippen LogP contribution is 2.10. The Balaban J connectivity index is 2.07. The molecule has 0 spiro atoms. The van der Waals surface area contributed by atoms with Crippen molar-refractivity contribution in [3.63, 3.8) is 0 Å². The van der Waals surface area contributed by atoms with Crippen molar-refractivity contribution in [2.24, 2.45) is 0 Å². The summed E-state index contributed by atoms with van der Waals surface area (Å²) >= 11 is 0. The molecule has 0 aromatic rings. The van der Waals surface area contributed by atoms with E-state index in [2.05, 4.69) is 4.90 Å². The summed E-state index contributed by atoms with van der Waals surface area (Å²) in [5.41, 5.74) is 0. The van der Waals surface area contributed by atoms with E-state index in [4.69, 9.17) is 9.84 Å². The Labute approximate surface area is 96.0 Å². The van der Waals surface area contributed by atoms with Crippen molar-refractivity contribution in [1.82, 2.24) is 4.90 Å². The van der Waals surface area contributed by atoms with Gasteiger partial charge in [0.15, 0.2) is 0 Å². The van der Waals surface area contributed by atoms with Crippen LogP contribution in [0.5, 0.6) is 0 Å². The van der Waals surface area contributed by atoms with E-state index in [-0.39, 0.29) is 18.7 Å². The molecule has 1 aliphatic rings. The molecule has 1 atom stereocenters. The number of carbonyl (C=O) groups is 1. The fourth-order valence-corrected chi connectivity index (χ4v) is 1.68. The Morgan fingerprint density at radius 1 is 1.50 bits per heavy atom. The van der Waals surface area contributed by atoms with E-state index in [9.17, 15) is 9.90 Å². The lowest BCUT2D eigenvalue weighted by molar-refractivity contribution is -0.146. The van der Waals surface area contributed by atoms with E-state index in [1.807, 2.05) is 0 Å². The number of rotatable bonds is 5. The van der Waals surface area contributed by atoms with Crippen molar-refractivity contribution in [1.29, 1.82) is 0 Å². The van der Waals surface area contributed by atoms with Crippen LogP contribution in [0.2, 0.25) is 0 Å². The number of carbonyl (C=O) groups excluding carboxylic acids is 1. The van der Waals surface area contributed by atoms with Gasteiger partial charge in [-0.1, -0.05) is 0 Å². The molecule has 0 bridgehead atoms. The van der Waals surface area contributed by atoms with Gasteiger partial charge in [0.25, 0.3) is 0 Å². The van der Waals surface area contributed by atoms with Gasteiger partial charge in [0.1, 0.15) is 6.61 Å². The van der Waals surface area contributed by atoms with E-state index in [0.717, 1.165) is 25.9 Å². The summed E-state index contributed by atoms with van der Waals surface area (Å²) in [6, 6.07) is 0. The standard InChI is InChI=1S/C11H21NO4/c1-9(13)8-16-11(15)4-7-12-5-2-10(14)3-6-12/h9-10,13-14H,2-8H2,1H3/t9-/m1/s1. The van der Waals surface area contributed by atoms with Gasteiger partial charge in [-0.2, -0.15) is 0 Å². The number of likely N-dealkylation sites (tertiary alicyclic amines) is 1. The average Bonchev–Trinajstić information content (AvgIpc) is 2.25. The Bertz CT molecular complexity index is 212. The maximum Gasteiger partial charge on any atom is 0.307 e. The first-order valence-corrected chi connectivity index (χ1v) is 5.82. The van der Waals surface area contributed by atoms with Crippen LogP contribution in [-0.4, -0.2) is 59.5 Å². The molecule has 1 saturated heterocycles. The number of esters is 1. The Kier molecular flexibility index (Phi) is 5.73. The summed E-state index contributed by atoms with van der Waals surface area (Å²) in [6.07, 6.45) is 1.13. The lowest BCUT2D eigenvalue weighted by Gasteiger charge is -2.28. The number of piperidine rings is 1. The van der Waals surface area contributed by atoms with Crippen LogP contribution < -0.4 is 0 Å². The third-order valence-electron chi connectivity index (χ3n) is 2.67. The summed E-state index contributed by atoms with van der Waals surface area (Å²) in [5.74, 6) is -0.271. The third-order valence-corrected chi connectivity index (χ3v) is 2.67. The number of ether oxygens (including phenoxy) is 1. The van der Waals surface area contributed by atoms with Crippen molar-refractivity contribution in [3.05, 3.63) is 0 Å². The van der Waals surface area contributed by atoms with Gasteiger partial charge < -0.3 is 19.8 Å². The zero-order chi connectivity index (χ0) is 12.0. The van der Waals surface area contributed by atoms with Gasteiger partial charge in [-0.25, -0.2) is 0 Å². The number of hydrogen-bond acceptors (Lipinski definition) is 5. The molecule has 5 heteroatoms. The largest absolute Gasteiger partial charge is 0.463 e. The minimum atomic E-state index is -0.603. The monoisotopic (exact) mass is 231 g/mol. The van der Waals surface area contributed by atoms with E-state index < -0.39 is 6.10 Å². The quantitative estimate of drug-likeness (QED) is 0.639. The minimum absolute atomic E-state index is 0.0670. The molecule has 1 aliphatic heterocycles. The third kappa shape index (κ3) is 5.44. The Hall–Kier alpha value is -0.650. The summed E-state index contributed by atoms with van der Waals surface area (Å²) in [7, 11) is 0. The topological polar surface area (TPSA) is 70.0 Å². The number of hydrogen-bond donors (Lipinski definition) is 2. The van der Waals surface area contributed by atoms with Gasteiger partial charge in [-0.3, -0.25) is 4.79 Å². The van der Waals surface area contributed by atoms with Crippen molar-refractivity contribution in [2.45, 2.75) is 38.4 Å². The lowest BCUT2D eigenvalue weighted by atomic mass is 10.1. The van der Waals surface area contributed by atoms with Crippen molar-refractivity contribution < 1.29 is 19.7 Å². The molecular formula is C11H21NO4. The van der Waals surface area contributed by atoms with Gasteiger partial charge in [0.2, 0.25) is 0 Å². The second kappa shape index (κ2) is 6.83. The normalized spacial score (nSPS) is 20.7. The molecule has 0 amide bonds. The van der Waals surface area contributed by atoms with Gasteiger partial charge in [-0.15, -0.1) is 0 Å². The van der Waals surface area contributed by atoms with E-state index in [1.165, 1.54) is 0 Å². The van der Waals surface area contributed by atoms with Crippen molar-refractivity contribution in [3.8, 4) is 0 Å². The van der Waals surface area contributed by atoms with Gasteiger partial charge in [0, 0.05) is 19.6 Å². The van der Waals surface area contributed by atoms with Crippen molar-refractivity contribution in [2.75, 3.05) is 26.2 Å². The molecule has 0 radical (unpaired) electrons. The van der Waals surface area contributed by atoms with E-state index >= 15 is 0 Å². The lowest BCUT2D eigenvalue weighted by Crippen LogP contribution is -2.37. The highest BCUT2D eigenvalue weighted by atomic mass is 16.5. The van der Waals surface area contributed by atoms with Gasteiger partial charge >= 0.3 is 5.97 Å². The highest BCUT2D eigenvalue weighted by Gasteiger charge is 2.17. The zero-order valence-corrected chi connectivity index (χ0v) is 9.76. The zero-order valence-electron chi connectivity index (χ0n) is 9.76. The predicted molar refractivity (Wildman–Crippen MR) is 58.9 cm³/mol. The summed E-state index contributed by atoms with van der Waals surface area (Å²) in [4.78, 5) is 13.4. The fourth-order valence-electron chi connectivity index (χ4n) is 1.68. The molecule has 0 aromatic heterocycles.